The maximum absolute atomic E-state index is 5.68. The van der Waals surface area contributed by atoms with Crippen LogP contribution in [0, 0.1) is 3.57 Å². The summed E-state index contributed by atoms with van der Waals surface area (Å²) in [4.78, 5) is 3.51. The van der Waals surface area contributed by atoms with E-state index in [0.717, 1.165) is 18.0 Å². The van der Waals surface area contributed by atoms with E-state index in [0.29, 0.717) is 0 Å². The fraction of sp³-hybridized carbons (Fsp3) is 0.400. The average molecular weight is 322 g/mol. The van der Waals surface area contributed by atoms with Gasteiger partial charge in [0.2, 0.25) is 0 Å². The molecule has 0 aliphatic rings. The molecule has 0 fully saturated rings. The van der Waals surface area contributed by atoms with Gasteiger partial charge in [0.1, 0.15) is 0 Å². The van der Waals surface area contributed by atoms with E-state index in [1.807, 2.05) is 23.9 Å². The molecule has 0 saturated heterocycles. The zero-order valence-electron chi connectivity index (χ0n) is 8.46. The summed E-state index contributed by atoms with van der Waals surface area (Å²) in [5.41, 5.74) is 6.52. The molecule has 78 valence electrons. The van der Waals surface area contributed by atoms with Gasteiger partial charge in [-0.15, -0.1) is 11.8 Å². The highest BCUT2D eigenvalue weighted by Gasteiger charge is 2.00. The Bertz CT molecular complexity index is 302. The van der Waals surface area contributed by atoms with Crippen molar-refractivity contribution in [1.29, 1.82) is 0 Å². The first-order chi connectivity index (χ1) is 6.59. The van der Waals surface area contributed by atoms with Gasteiger partial charge in [0.25, 0.3) is 0 Å². The van der Waals surface area contributed by atoms with Gasteiger partial charge in [-0.2, -0.15) is 0 Å². The Balaban J connectivity index is 2.51. The highest BCUT2D eigenvalue weighted by molar-refractivity contribution is 14.1. The monoisotopic (exact) mass is 322 g/mol. The molecule has 0 heterocycles. The van der Waals surface area contributed by atoms with Crippen molar-refractivity contribution >= 4 is 40.0 Å². The largest absolute Gasteiger partial charge is 0.399 e. The highest BCUT2D eigenvalue weighted by Crippen LogP contribution is 2.25. The van der Waals surface area contributed by atoms with E-state index in [2.05, 4.69) is 47.7 Å². The van der Waals surface area contributed by atoms with E-state index in [-0.39, 0.29) is 0 Å². The van der Waals surface area contributed by atoms with Crippen LogP contribution in [-0.2, 0) is 0 Å². The summed E-state index contributed by atoms with van der Waals surface area (Å²) < 4.78 is 1.24. The van der Waals surface area contributed by atoms with Crippen molar-refractivity contribution in [2.24, 2.45) is 0 Å². The van der Waals surface area contributed by atoms with Gasteiger partial charge < -0.3 is 10.6 Å². The van der Waals surface area contributed by atoms with Crippen LogP contribution in [0.4, 0.5) is 5.69 Å². The number of nitrogens with two attached hydrogens (primary N) is 1. The molecule has 0 aliphatic heterocycles. The van der Waals surface area contributed by atoms with Crippen molar-refractivity contribution < 1.29 is 0 Å². The molecule has 0 radical (unpaired) electrons. The minimum Gasteiger partial charge on any atom is -0.399 e. The molecule has 0 atom stereocenters. The van der Waals surface area contributed by atoms with E-state index >= 15 is 0 Å². The van der Waals surface area contributed by atoms with Gasteiger partial charge >= 0.3 is 0 Å². The summed E-state index contributed by atoms with van der Waals surface area (Å²) in [7, 11) is 4.18. The van der Waals surface area contributed by atoms with E-state index < -0.39 is 0 Å². The molecule has 0 aromatic heterocycles. The smallest absolute Gasteiger partial charge is 0.0325 e. The van der Waals surface area contributed by atoms with Crippen molar-refractivity contribution in [1.82, 2.24) is 4.90 Å². The van der Waals surface area contributed by atoms with Crippen molar-refractivity contribution in [3.05, 3.63) is 21.8 Å². The van der Waals surface area contributed by atoms with Crippen molar-refractivity contribution in [3.63, 3.8) is 0 Å². The molecule has 2 nitrogen and oxygen atoms in total. The van der Waals surface area contributed by atoms with Crippen LogP contribution in [-0.4, -0.2) is 31.3 Å². The maximum Gasteiger partial charge on any atom is 0.0325 e. The highest BCUT2D eigenvalue weighted by atomic mass is 127. The topological polar surface area (TPSA) is 29.3 Å². The average Bonchev–Trinajstić information content (AvgIpc) is 2.08. The zero-order chi connectivity index (χ0) is 10.6. The predicted octanol–water partition coefficient (Wildman–Crippen LogP) is 2.53. The van der Waals surface area contributed by atoms with Gasteiger partial charge in [-0.05, 0) is 54.9 Å². The lowest BCUT2D eigenvalue weighted by atomic mass is 10.3. The standard InChI is InChI=1S/C10H15IN2S/c1-13(2)5-6-14-10-4-3-8(12)7-9(10)11/h3-4,7H,5-6,12H2,1-2H3. The number of hydrogen-bond acceptors (Lipinski definition) is 3. The first-order valence-electron chi connectivity index (χ1n) is 4.42. The van der Waals surface area contributed by atoms with Crippen LogP contribution in [0.25, 0.3) is 0 Å². The Morgan fingerprint density at radius 2 is 2.14 bits per heavy atom. The second kappa shape index (κ2) is 5.82. The number of nitrogen functional groups attached to an aromatic ring is 1. The van der Waals surface area contributed by atoms with Gasteiger partial charge in [0.15, 0.2) is 0 Å². The first-order valence-corrected chi connectivity index (χ1v) is 6.48. The third-order valence-electron chi connectivity index (χ3n) is 1.75. The van der Waals surface area contributed by atoms with Gasteiger partial charge in [-0.3, -0.25) is 0 Å². The van der Waals surface area contributed by atoms with Gasteiger partial charge in [0, 0.05) is 26.5 Å². The summed E-state index contributed by atoms with van der Waals surface area (Å²) >= 11 is 4.21. The molecule has 2 N–H and O–H groups in total. The molecular formula is C10H15IN2S. The second-order valence-electron chi connectivity index (χ2n) is 3.34. The number of nitrogens with zero attached hydrogens (tertiary/aromatic N) is 1. The molecule has 0 spiro atoms. The van der Waals surface area contributed by atoms with E-state index in [1.165, 1.54) is 8.47 Å². The predicted molar refractivity (Wildman–Crippen MR) is 72.8 cm³/mol. The van der Waals surface area contributed by atoms with Crippen LogP contribution < -0.4 is 5.73 Å². The molecule has 0 saturated carbocycles. The molecular weight excluding hydrogens is 307 g/mol. The fourth-order valence-electron chi connectivity index (χ4n) is 0.972. The Kier molecular flexibility index (Phi) is 5.05. The van der Waals surface area contributed by atoms with E-state index in [4.69, 9.17) is 5.73 Å². The number of hydrogen-bond donors (Lipinski definition) is 1. The zero-order valence-corrected chi connectivity index (χ0v) is 11.4. The lowest BCUT2D eigenvalue weighted by Crippen LogP contribution is -2.14. The minimum absolute atomic E-state index is 0.839. The van der Waals surface area contributed by atoms with Crippen LogP contribution in [0.5, 0.6) is 0 Å². The second-order valence-corrected chi connectivity index (χ2v) is 5.64. The number of anilines is 1. The number of thioether (sulfide) groups is 1. The quantitative estimate of drug-likeness (QED) is 0.525. The number of benzene rings is 1. The normalized spacial score (nSPS) is 10.9. The SMILES string of the molecule is CN(C)CCSc1ccc(N)cc1I. The number of halogens is 1. The molecule has 1 rings (SSSR count). The van der Waals surface area contributed by atoms with E-state index in [1.54, 1.807) is 0 Å². The third-order valence-corrected chi connectivity index (χ3v) is 4.06. The molecule has 0 unspecified atom stereocenters. The lowest BCUT2D eigenvalue weighted by Gasteiger charge is -2.09. The first kappa shape index (κ1) is 12.1. The summed E-state index contributed by atoms with van der Waals surface area (Å²) in [6.45, 7) is 1.10. The van der Waals surface area contributed by atoms with Crippen molar-refractivity contribution in [2.45, 2.75) is 4.90 Å². The molecule has 0 aliphatic carbocycles. The summed E-state index contributed by atoms with van der Waals surface area (Å²) in [6.07, 6.45) is 0. The van der Waals surface area contributed by atoms with Gasteiger partial charge in [-0.1, -0.05) is 0 Å². The van der Waals surface area contributed by atoms with Crippen LogP contribution in [0.3, 0.4) is 0 Å². The van der Waals surface area contributed by atoms with Crippen LogP contribution >= 0.6 is 34.4 Å². The minimum atomic E-state index is 0.839. The van der Waals surface area contributed by atoms with Crippen LogP contribution in [0.2, 0.25) is 0 Å². The van der Waals surface area contributed by atoms with Gasteiger partial charge in [0.05, 0.1) is 0 Å². The summed E-state index contributed by atoms with van der Waals surface area (Å²) in [6, 6.07) is 6.07. The maximum atomic E-state index is 5.68. The lowest BCUT2D eigenvalue weighted by molar-refractivity contribution is 0.437. The third kappa shape index (κ3) is 4.06. The Morgan fingerprint density at radius 3 is 2.71 bits per heavy atom. The number of rotatable bonds is 4. The fourth-order valence-corrected chi connectivity index (χ4v) is 3.02. The Morgan fingerprint density at radius 1 is 1.43 bits per heavy atom. The molecule has 14 heavy (non-hydrogen) atoms. The molecule has 0 amide bonds. The molecule has 1 aromatic rings. The van der Waals surface area contributed by atoms with Crippen LogP contribution in [0.15, 0.2) is 23.1 Å². The molecule has 0 bridgehead atoms. The Labute approximate surface area is 103 Å². The Hall–Kier alpha value is 0.0600. The summed E-state index contributed by atoms with van der Waals surface area (Å²) in [5, 5.41) is 0. The van der Waals surface area contributed by atoms with Crippen molar-refractivity contribution in [2.75, 3.05) is 32.1 Å². The summed E-state index contributed by atoms with van der Waals surface area (Å²) in [5.74, 6) is 1.12. The molecule has 1 aromatic carbocycles. The van der Waals surface area contributed by atoms with Crippen molar-refractivity contribution in [3.8, 4) is 0 Å². The van der Waals surface area contributed by atoms with Gasteiger partial charge in [-0.25, -0.2) is 0 Å². The van der Waals surface area contributed by atoms with E-state index in [9.17, 15) is 0 Å². The van der Waals surface area contributed by atoms with Crippen LogP contribution in [0.1, 0.15) is 0 Å². The molecule has 4 heteroatoms.